The summed E-state index contributed by atoms with van der Waals surface area (Å²) in [5, 5.41) is 0. The fourth-order valence-corrected chi connectivity index (χ4v) is 2.39. The van der Waals surface area contributed by atoms with Crippen LogP contribution < -0.4 is 0 Å². The molecular formula is C11H10Cl2. The third kappa shape index (κ3) is 1.29. The van der Waals surface area contributed by atoms with Crippen LogP contribution in [0.4, 0.5) is 0 Å². The highest BCUT2D eigenvalue weighted by Crippen LogP contribution is 2.45. The summed E-state index contributed by atoms with van der Waals surface area (Å²) in [6.07, 6.45) is 3.83. The Morgan fingerprint density at radius 1 is 1.08 bits per heavy atom. The lowest BCUT2D eigenvalue weighted by Crippen LogP contribution is -2.06. The number of benzene rings is 1. The van der Waals surface area contributed by atoms with Crippen molar-refractivity contribution in [1.82, 2.24) is 0 Å². The summed E-state index contributed by atoms with van der Waals surface area (Å²) < 4.78 is -0.828. The van der Waals surface area contributed by atoms with Crippen molar-refractivity contribution >= 4 is 29.3 Å². The van der Waals surface area contributed by atoms with Crippen LogP contribution in [-0.4, -0.2) is 0 Å². The minimum Gasteiger partial charge on any atom is -0.0915 e. The van der Waals surface area contributed by atoms with Crippen LogP contribution in [0.2, 0.25) is 0 Å². The monoisotopic (exact) mass is 212 g/mol. The van der Waals surface area contributed by atoms with Crippen molar-refractivity contribution in [3.63, 3.8) is 0 Å². The van der Waals surface area contributed by atoms with E-state index in [1.807, 2.05) is 19.1 Å². The van der Waals surface area contributed by atoms with Crippen LogP contribution >= 0.6 is 23.2 Å². The van der Waals surface area contributed by atoms with Gasteiger partial charge in [0, 0.05) is 5.56 Å². The van der Waals surface area contributed by atoms with Gasteiger partial charge in [-0.2, -0.15) is 0 Å². The van der Waals surface area contributed by atoms with Crippen molar-refractivity contribution in [3.05, 3.63) is 40.5 Å². The Labute approximate surface area is 88.2 Å². The van der Waals surface area contributed by atoms with Crippen LogP contribution in [0.15, 0.2) is 18.2 Å². The second kappa shape index (κ2) is 2.76. The van der Waals surface area contributed by atoms with Gasteiger partial charge in [0.2, 0.25) is 0 Å². The summed E-state index contributed by atoms with van der Waals surface area (Å²) in [7, 11) is 0. The minimum atomic E-state index is -0.828. The first-order valence-corrected chi connectivity index (χ1v) is 4.96. The number of allylic oxidation sites excluding steroid dienone is 1. The van der Waals surface area contributed by atoms with E-state index >= 15 is 0 Å². The molecule has 68 valence electrons. The number of aryl methyl sites for hydroxylation is 2. The molecule has 0 radical (unpaired) electrons. The Hall–Kier alpha value is -0.460. The van der Waals surface area contributed by atoms with E-state index in [2.05, 4.69) is 19.1 Å². The molecule has 0 amide bonds. The highest BCUT2D eigenvalue weighted by molar-refractivity contribution is 6.50. The molecular weight excluding hydrogens is 203 g/mol. The van der Waals surface area contributed by atoms with Gasteiger partial charge in [0.25, 0.3) is 0 Å². The Balaban J connectivity index is 2.76. The van der Waals surface area contributed by atoms with E-state index in [0.29, 0.717) is 0 Å². The molecule has 2 heteroatoms. The lowest BCUT2D eigenvalue weighted by Gasteiger charge is -2.16. The molecule has 1 aliphatic rings. The second-order valence-corrected chi connectivity index (χ2v) is 4.83. The molecule has 2 rings (SSSR count). The molecule has 13 heavy (non-hydrogen) atoms. The van der Waals surface area contributed by atoms with Gasteiger partial charge in [0.15, 0.2) is 4.33 Å². The standard InChI is InChI=1S/C11H10Cl2/c1-7-3-4-8(2)10-9(7)5-6-11(10,12)13/h3-6H,1-2H3. The maximum Gasteiger partial charge on any atom is 0.162 e. The zero-order chi connectivity index (χ0) is 9.64. The molecule has 1 aliphatic carbocycles. The van der Waals surface area contributed by atoms with Crippen LogP contribution in [-0.2, 0) is 4.33 Å². The normalized spacial score (nSPS) is 17.5. The first kappa shape index (κ1) is 9.11. The molecule has 0 bridgehead atoms. The van der Waals surface area contributed by atoms with Gasteiger partial charge in [-0.25, -0.2) is 0 Å². The van der Waals surface area contributed by atoms with Crippen molar-refractivity contribution in [1.29, 1.82) is 0 Å². The van der Waals surface area contributed by atoms with E-state index in [0.717, 1.165) is 11.1 Å². The minimum absolute atomic E-state index is 0.828. The Morgan fingerprint density at radius 2 is 1.69 bits per heavy atom. The molecule has 0 atom stereocenters. The van der Waals surface area contributed by atoms with Crippen LogP contribution in [0.1, 0.15) is 22.3 Å². The Morgan fingerprint density at radius 3 is 2.31 bits per heavy atom. The van der Waals surface area contributed by atoms with Gasteiger partial charge < -0.3 is 0 Å². The van der Waals surface area contributed by atoms with E-state index in [1.54, 1.807) is 0 Å². The number of hydrogen-bond acceptors (Lipinski definition) is 0. The van der Waals surface area contributed by atoms with Gasteiger partial charge in [-0.15, -0.1) is 0 Å². The van der Waals surface area contributed by atoms with Crippen molar-refractivity contribution in [2.24, 2.45) is 0 Å². The van der Waals surface area contributed by atoms with Gasteiger partial charge in [-0.05, 0) is 36.6 Å². The zero-order valence-corrected chi connectivity index (χ0v) is 9.08. The molecule has 0 heterocycles. The summed E-state index contributed by atoms with van der Waals surface area (Å²) in [6.45, 7) is 4.10. The molecule has 1 aromatic carbocycles. The molecule has 0 nitrogen and oxygen atoms in total. The summed E-state index contributed by atoms with van der Waals surface area (Å²) >= 11 is 12.3. The topological polar surface area (TPSA) is 0 Å². The van der Waals surface area contributed by atoms with Crippen molar-refractivity contribution in [2.45, 2.75) is 18.2 Å². The van der Waals surface area contributed by atoms with Crippen molar-refractivity contribution < 1.29 is 0 Å². The van der Waals surface area contributed by atoms with Crippen LogP contribution in [0.25, 0.3) is 6.08 Å². The van der Waals surface area contributed by atoms with Gasteiger partial charge in [-0.3, -0.25) is 0 Å². The van der Waals surface area contributed by atoms with Gasteiger partial charge in [-0.1, -0.05) is 41.4 Å². The zero-order valence-electron chi connectivity index (χ0n) is 7.57. The number of halogens is 2. The van der Waals surface area contributed by atoms with E-state index in [9.17, 15) is 0 Å². The van der Waals surface area contributed by atoms with Crippen LogP contribution in [0, 0.1) is 13.8 Å². The van der Waals surface area contributed by atoms with Crippen molar-refractivity contribution in [3.8, 4) is 0 Å². The highest BCUT2D eigenvalue weighted by atomic mass is 35.5. The van der Waals surface area contributed by atoms with Gasteiger partial charge in [0.05, 0.1) is 0 Å². The molecule has 0 aliphatic heterocycles. The summed E-state index contributed by atoms with van der Waals surface area (Å²) in [6, 6.07) is 4.15. The molecule has 0 N–H and O–H groups in total. The largest absolute Gasteiger partial charge is 0.162 e. The van der Waals surface area contributed by atoms with Gasteiger partial charge >= 0.3 is 0 Å². The smallest absolute Gasteiger partial charge is 0.0915 e. The molecule has 0 fully saturated rings. The third-order valence-electron chi connectivity index (χ3n) is 2.46. The molecule has 0 aromatic heterocycles. The van der Waals surface area contributed by atoms with E-state index in [-0.39, 0.29) is 0 Å². The highest BCUT2D eigenvalue weighted by Gasteiger charge is 2.32. The Bertz CT molecular complexity index is 389. The molecule has 0 unspecified atom stereocenters. The summed E-state index contributed by atoms with van der Waals surface area (Å²) in [5.74, 6) is 0. The number of rotatable bonds is 0. The first-order chi connectivity index (χ1) is 6.02. The predicted molar refractivity (Wildman–Crippen MR) is 58.3 cm³/mol. The lowest BCUT2D eigenvalue weighted by atomic mass is 9.99. The first-order valence-electron chi connectivity index (χ1n) is 4.20. The van der Waals surface area contributed by atoms with E-state index in [4.69, 9.17) is 23.2 Å². The number of alkyl halides is 2. The van der Waals surface area contributed by atoms with E-state index in [1.165, 1.54) is 11.1 Å². The number of hydrogen-bond donors (Lipinski definition) is 0. The number of fused-ring (bicyclic) bond motifs is 1. The summed E-state index contributed by atoms with van der Waals surface area (Å²) in [4.78, 5) is 0. The van der Waals surface area contributed by atoms with Crippen LogP contribution in [0.5, 0.6) is 0 Å². The average Bonchev–Trinajstić information content (AvgIpc) is 2.36. The fraction of sp³-hybridized carbons (Fsp3) is 0.273. The van der Waals surface area contributed by atoms with Crippen LogP contribution in [0.3, 0.4) is 0 Å². The predicted octanol–water partition coefficient (Wildman–Crippen LogP) is 3.96. The van der Waals surface area contributed by atoms with Gasteiger partial charge in [0.1, 0.15) is 0 Å². The van der Waals surface area contributed by atoms with E-state index < -0.39 is 4.33 Å². The molecule has 0 spiro atoms. The maximum atomic E-state index is 6.15. The lowest BCUT2D eigenvalue weighted by molar-refractivity contribution is 1.09. The second-order valence-electron chi connectivity index (χ2n) is 3.44. The SMILES string of the molecule is Cc1ccc(C)c2c1C=CC2(Cl)Cl. The molecule has 0 saturated carbocycles. The average molecular weight is 213 g/mol. The summed E-state index contributed by atoms with van der Waals surface area (Å²) in [5.41, 5.74) is 4.58. The molecule has 1 aromatic rings. The third-order valence-corrected chi connectivity index (χ3v) is 3.09. The fourth-order valence-electron chi connectivity index (χ4n) is 1.76. The molecule has 0 saturated heterocycles. The maximum absolute atomic E-state index is 6.15. The van der Waals surface area contributed by atoms with Crippen molar-refractivity contribution in [2.75, 3.05) is 0 Å². The quantitative estimate of drug-likeness (QED) is 0.572. The Kier molecular flexibility index (Phi) is 1.94.